The molecule has 0 unspecified atom stereocenters. The fraction of sp³-hybridized carbons (Fsp3) is 0. The summed E-state index contributed by atoms with van der Waals surface area (Å²) in [6.45, 7) is 0. The van der Waals surface area contributed by atoms with Crippen molar-refractivity contribution in [2.75, 3.05) is 0 Å². The number of carbonyl (C=O) groups is 1. The van der Waals surface area contributed by atoms with Crippen LogP contribution in [0.2, 0.25) is 0 Å². The van der Waals surface area contributed by atoms with Crippen LogP contribution in [0.5, 0.6) is 0 Å². The molecule has 0 atom stereocenters. The van der Waals surface area contributed by atoms with E-state index in [9.17, 15) is 18.3 Å². The minimum atomic E-state index is -3.86. The van der Waals surface area contributed by atoms with Crippen molar-refractivity contribution in [3.63, 3.8) is 0 Å². The Kier molecular flexibility index (Phi) is 2.52. The van der Waals surface area contributed by atoms with Crippen molar-refractivity contribution >= 4 is 21.7 Å². The minimum Gasteiger partial charge on any atom is -0.505 e. The zero-order valence-electron chi connectivity index (χ0n) is 8.47. The van der Waals surface area contributed by atoms with E-state index in [1.54, 1.807) is 11.5 Å². The van der Waals surface area contributed by atoms with Crippen LogP contribution in [0.1, 0.15) is 5.56 Å². The number of hydrogen-bond acceptors (Lipinski definition) is 5. The number of benzene rings is 1. The number of carbonyl (C=O) groups excluding carboxylic acids is 1. The van der Waals surface area contributed by atoms with Gasteiger partial charge in [-0.1, -0.05) is 12.1 Å². The average molecular weight is 255 g/mol. The van der Waals surface area contributed by atoms with Crippen LogP contribution >= 0.6 is 0 Å². The Morgan fingerprint density at radius 1 is 1.35 bits per heavy atom. The van der Waals surface area contributed by atoms with Gasteiger partial charge in [-0.05, 0) is 12.1 Å². The molecular formula is C9H9N3O4S. The summed E-state index contributed by atoms with van der Waals surface area (Å²) in [6.07, 6.45) is 0. The molecule has 1 amide bonds. The highest BCUT2D eigenvalue weighted by atomic mass is 32.2. The number of nitrogens with two attached hydrogens (primary N) is 1. The van der Waals surface area contributed by atoms with E-state index in [1.807, 2.05) is 4.72 Å². The highest BCUT2D eigenvalue weighted by Gasteiger charge is 2.31. The third kappa shape index (κ3) is 1.73. The number of amides is 1. The van der Waals surface area contributed by atoms with Crippen molar-refractivity contribution in [1.29, 1.82) is 0 Å². The highest BCUT2D eigenvalue weighted by molar-refractivity contribution is 7.89. The molecule has 0 saturated carbocycles. The van der Waals surface area contributed by atoms with Gasteiger partial charge in [-0.3, -0.25) is 14.9 Å². The summed E-state index contributed by atoms with van der Waals surface area (Å²) in [5.74, 6) is 3.52. The molecule has 1 aromatic rings. The predicted octanol–water partition coefficient (Wildman–Crippen LogP) is -0.805. The quantitative estimate of drug-likeness (QED) is 0.297. The summed E-state index contributed by atoms with van der Waals surface area (Å²) in [4.78, 5) is 11.2. The third-order valence-corrected chi connectivity index (χ3v) is 3.67. The van der Waals surface area contributed by atoms with Gasteiger partial charge in [0.1, 0.15) is 0 Å². The minimum absolute atomic E-state index is 0.0600. The molecule has 0 bridgehead atoms. The molecule has 8 heteroatoms. The van der Waals surface area contributed by atoms with Crippen molar-refractivity contribution in [3.05, 3.63) is 35.5 Å². The first-order valence-corrected chi connectivity index (χ1v) is 6.02. The summed E-state index contributed by atoms with van der Waals surface area (Å²) in [7, 11) is -3.86. The summed E-state index contributed by atoms with van der Waals surface area (Å²) in [6, 6.07) is 5.78. The smallest absolute Gasteiger partial charge is 0.286 e. The number of hydrazine groups is 1. The fourth-order valence-electron chi connectivity index (χ4n) is 1.50. The molecule has 1 aliphatic heterocycles. The number of fused-ring (bicyclic) bond motifs is 1. The first kappa shape index (κ1) is 11.4. The Morgan fingerprint density at radius 3 is 2.65 bits per heavy atom. The molecule has 17 heavy (non-hydrogen) atoms. The van der Waals surface area contributed by atoms with Gasteiger partial charge in [-0.15, -0.1) is 0 Å². The maximum absolute atomic E-state index is 11.8. The van der Waals surface area contributed by atoms with E-state index in [-0.39, 0.29) is 10.5 Å². The first-order chi connectivity index (χ1) is 7.97. The summed E-state index contributed by atoms with van der Waals surface area (Å²) in [5, 5.41) is 9.79. The van der Waals surface area contributed by atoms with Crippen LogP contribution in [0.4, 0.5) is 0 Å². The average Bonchev–Trinajstić information content (AvgIpc) is 2.33. The van der Waals surface area contributed by atoms with Crippen molar-refractivity contribution in [1.82, 2.24) is 10.1 Å². The van der Waals surface area contributed by atoms with E-state index in [1.165, 1.54) is 18.2 Å². The van der Waals surface area contributed by atoms with Crippen molar-refractivity contribution in [3.8, 4) is 0 Å². The molecule has 90 valence electrons. The SMILES string of the molecule is NNC(=O)C1=C(O)c2ccccc2S(=O)(=O)N1. The Balaban J connectivity index is 2.72. The predicted molar refractivity (Wildman–Crippen MR) is 58.6 cm³/mol. The van der Waals surface area contributed by atoms with E-state index in [0.29, 0.717) is 0 Å². The van der Waals surface area contributed by atoms with Gasteiger partial charge in [-0.2, -0.15) is 0 Å². The van der Waals surface area contributed by atoms with Crippen LogP contribution < -0.4 is 16.0 Å². The van der Waals surface area contributed by atoms with Gasteiger partial charge in [0.2, 0.25) is 0 Å². The molecule has 0 radical (unpaired) electrons. The number of aliphatic hydroxyl groups is 1. The first-order valence-electron chi connectivity index (χ1n) is 4.54. The van der Waals surface area contributed by atoms with E-state index < -0.39 is 27.4 Å². The van der Waals surface area contributed by atoms with Gasteiger partial charge < -0.3 is 5.11 Å². The fourth-order valence-corrected chi connectivity index (χ4v) is 2.78. The van der Waals surface area contributed by atoms with E-state index >= 15 is 0 Å². The van der Waals surface area contributed by atoms with Crippen LogP contribution in [0, 0.1) is 0 Å². The van der Waals surface area contributed by atoms with Gasteiger partial charge >= 0.3 is 0 Å². The van der Waals surface area contributed by atoms with E-state index in [2.05, 4.69) is 0 Å². The Hall–Kier alpha value is -2.06. The molecule has 7 nitrogen and oxygen atoms in total. The van der Waals surface area contributed by atoms with Crippen molar-refractivity contribution in [2.24, 2.45) is 5.84 Å². The van der Waals surface area contributed by atoms with Gasteiger partial charge in [0, 0.05) is 5.56 Å². The standard InChI is InChI=1S/C9H9N3O4S/c10-11-9(14)7-8(13)5-3-1-2-4-6(5)17(15,16)12-7/h1-4,12-13H,10H2,(H,11,14). The van der Waals surface area contributed by atoms with Crippen LogP contribution in [0.25, 0.3) is 5.76 Å². The lowest BCUT2D eigenvalue weighted by molar-refractivity contribution is -0.117. The molecule has 5 N–H and O–H groups in total. The molecule has 2 rings (SSSR count). The van der Waals surface area contributed by atoms with E-state index in [4.69, 9.17) is 5.84 Å². The molecule has 0 aliphatic carbocycles. The molecule has 0 fully saturated rings. The van der Waals surface area contributed by atoms with Crippen molar-refractivity contribution in [2.45, 2.75) is 4.90 Å². The van der Waals surface area contributed by atoms with E-state index in [0.717, 1.165) is 0 Å². The zero-order valence-corrected chi connectivity index (χ0v) is 9.28. The van der Waals surface area contributed by atoms with Crippen LogP contribution in [0.15, 0.2) is 34.9 Å². The maximum atomic E-state index is 11.8. The number of sulfonamides is 1. The highest BCUT2D eigenvalue weighted by Crippen LogP contribution is 2.28. The van der Waals surface area contributed by atoms with Gasteiger partial charge in [-0.25, -0.2) is 14.3 Å². The monoisotopic (exact) mass is 255 g/mol. The molecule has 1 aromatic carbocycles. The van der Waals surface area contributed by atoms with Gasteiger partial charge in [0.25, 0.3) is 15.9 Å². The number of hydrogen-bond donors (Lipinski definition) is 4. The third-order valence-electron chi connectivity index (χ3n) is 2.26. The van der Waals surface area contributed by atoms with Crippen molar-refractivity contribution < 1.29 is 18.3 Å². The molecule has 0 spiro atoms. The van der Waals surface area contributed by atoms with Crippen LogP contribution in [-0.4, -0.2) is 19.4 Å². The second-order valence-corrected chi connectivity index (χ2v) is 4.95. The number of aliphatic hydroxyl groups excluding tert-OH is 1. The molecule has 0 saturated heterocycles. The van der Waals surface area contributed by atoms with Gasteiger partial charge in [0.15, 0.2) is 11.5 Å². The largest absolute Gasteiger partial charge is 0.505 e. The number of nitrogens with one attached hydrogen (secondary N) is 2. The summed E-state index contributed by atoms with van der Waals surface area (Å²) in [5.41, 5.74) is 1.32. The zero-order chi connectivity index (χ0) is 12.6. The Morgan fingerprint density at radius 2 is 2.00 bits per heavy atom. The lowest BCUT2D eigenvalue weighted by Crippen LogP contribution is -2.41. The normalized spacial score (nSPS) is 17.0. The molecule has 1 heterocycles. The van der Waals surface area contributed by atoms with Crippen LogP contribution in [-0.2, 0) is 14.8 Å². The maximum Gasteiger partial charge on any atom is 0.286 e. The summed E-state index contributed by atoms with van der Waals surface area (Å²) < 4.78 is 25.5. The number of rotatable bonds is 1. The lowest BCUT2D eigenvalue weighted by atomic mass is 10.1. The molecule has 0 aromatic heterocycles. The molecular weight excluding hydrogens is 246 g/mol. The van der Waals surface area contributed by atoms with Gasteiger partial charge in [0.05, 0.1) is 4.90 Å². The second kappa shape index (κ2) is 3.75. The topological polar surface area (TPSA) is 122 Å². The summed E-state index contributed by atoms with van der Waals surface area (Å²) >= 11 is 0. The Bertz CT molecular complexity index is 621. The second-order valence-electron chi connectivity index (χ2n) is 3.30. The van der Waals surface area contributed by atoms with Crippen LogP contribution in [0.3, 0.4) is 0 Å². The Labute approximate surface area is 97.0 Å². The lowest BCUT2D eigenvalue weighted by Gasteiger charge is -2.20. The molecule has 1 aliphatic rings.